The Morgan fingerprint density at radius 1 is 0.839 bits per heavy atom. The molecule has 152 valence electrons. The fourth-order valence-corrected chi connectivity index (χ4v) is 4.37. The first-order chi connectivity index (χ1) is 15.2. The molecule has 1 aliphatic rings. The second kappa shape index (κ2) is 7.69. The molecule has 1 aliphatic carbocycles. The highest BCUT2D eigenvalue weighted by Crippen LogP contribution is 2.46. The van der Waals surface area contributed by atoms with E-state index in [0.717, 1.165) is 33.2 Å². The molecule has 1 amide bonds. The van der Waals surface area contributed by atoms with Crippen molar-refractivity contribution in [3.63, 3.8) is 0 Å². The molecule has 5 nitrogen and oxygen atoms in total. The first kappa shape index (κ1) is 19.0. The standard InChI is InChI=1S/C26H20N2O3/c1-31-26(30)24(28-25(29)22-15-14-16-8-2-7-13-21(16)27-22)23-19-11-5-3-9-17(19)18-10-4-6-12-20(18)23/h2-15,23-24H,1H3,(H,28,29)/t24-/m1/s1. The molecule has 1 aromatic heterocycles. The summed E-state index contributed by atoms with van der Waals surface area (Å²) in [6.07, 6.45) is 0. The third-order valence-electron chi connectivity index (χ3n) is 5.79. The smallest absolute Gasteiger partial charge is 0.329 e. The number of esters is 1. The summed E-state index contributed by atoms with van der Waals surface area (Å²) in [5.41, 5.74) is 5.09. The number of para-hydroxylation sites is 1. The van der Waals surface area contributed by atoms with Crippen LogP contribution in [-0.4, -0.2) is 30.0 Å². The third kappa shape index (κ3) is 3.24. The van der Waals surface area contributed by atoms with Gasteiger partial charge in [0.05, 0.1) is 12.6 Å². The van der Waals surface area contributed by atoms with Crippen molar-refractivity contribution in [2.24, 2.45) is 0 Å². The van der Waals surface area contributed by atoms with Crippen LogP contribution in [0.1, 0.15) is 27.5 Å². The molecule has 3 aromatic carbocycles. The topological polar surface area (TPSA) is 68.3 Å². The molecule has 0 bridgehead atoms. The lowest BCUT2D eigenvalue weighted by Gasteiger charge is -2.24. The van der Waals surface area contributed by atoms with E-state index in [0.29, 0.717) is 0 Å². The summed E-state index contributed by atoms with van der Waals surface area (Å²) in [7, 11) is 1.34. The number of fused-ring (bicyclic) bond motifs is 4. The van der Waals surface area contributed by atoms with E-state index < -0.39 is 17.9 Å². The van der Waals surface area contributed by atoms with Gasteiger partial charge in [0, 0.05) is 11.3 Å². The van der Waals surface area contributed by atoms with Crippen molar-refractivity contribution in [2.75, 3.05) is 7.11 Å². The average Bonchev–Trinajstić information content (AvgIpc) is 3.16. The van der Waals surface area contributed by atoms with Crippen molar-refractivity contribution in [3.05, 3.63) is 102 Å². The van der Waals surface area contributed by atoms with E-state index in [9.17, 15) is 9.59 Å². The Balaban J connectivity index is 1.54. The van der Waals surface area contributed by atoms with Crippen molar-refractivity contribution < 1.29 is 14.3 Å². The van der Waals surface area contributed by atoms with Gasteiger partial charge >= 0.3 is 5.97 Å². The van der Waals surface area contributed by atoms with Crippen molar-refractivity contribution in [2.45, 2.75) is 12.0 Å². The van der Waals surface area contributed by atoms with E-state index in [-0.39, 0.29) is 11.6 Å². The maximum absolute atomic E-state index is 13.1. The number of aromatic nitrogens is 1. The summed E-state index contributed by atoms with van der Waals surface area (Å²) in [6.45, 7) is 0. The van der Waals surface area contributed by atoms with Gasteiger partial charge in [0.1, 0.15) is 11.7 Å². The SMILES string of the molecule is COC(=O)[C@H](NC(=O)c1ccc2ccccc2n1)C1c2ccccc2-c2ccccc21. The molecule has 1 heterocycles. The largest absolute Gasteiger partial charge is 0.467 e. The van der Waals surface area contributed by atoms with E-state index >= 15 is 0 Å². The van der Waals surface area contributed by atoms with Crippen LogP contribution in [0.15, 0.2) is 84.9 Å². The summed E-state index contributed by atoms with van der Waals surface area (Å²) in [4.78, 5) is 30.4. The molecule has 0 aliphatic heterocycles. The molecule has 0 radical (unpaired) electrons. The van der Waals surface area contributed by atoms with Crippen LogP contribution in [0, 0.1) is 0 Å². The number of hydrogen-bond acceptors (Lipinski definition) is 4. The summed E-state index contributed by atoms with van der Waals surface area (Å²) in [6, 6.07) is 26.1. The molecule has 0 unspecified atom stereocenters. The fraction of sp³-hybridized carbons (Fsp3) is 0.115. The molecule has 1 N–H and O–H groups in total. The Bertz CT molecular complexity index is 1270. The number of hydrogen-bond donors (Lipinski definition) is 1. The van der Waals surface area contributed by atoms with Crippen LogP contribution < -0.4 is 5.32 Å². The number of rotatable bonds is 4. The maximum atomic E-state index is 13.1. The van der Waals surface area contributed by atoms with Gasteiger partial charge in [-0.15, -0.1) is 0 Å². The van der Waals surface area contributed by atoms with Crippen LogP contribution in [0.4, 0.5) is 0 Å². The molecule has 0 saturated heterocycles. The minimum absolute atomic E-state index is 0.257. The molecule has 4 aromatic rings. The average molecular weight is 408 g/mol. The number of nitrogens with one attached hydrogen (secondary N) is 1. The monoisotopic (exact) mass is 408 g/mol. The lowest BCUT2D eigenvalue weighted by atomic mass is 9.89. The highest BCUT2D eigenvalue weighted by atomic mass is 16.5. The van der Waals surface area contributed by atoms with Crippen LogP contribution in [-0.2, 0) is 9.53 Å². The third-order valence-corrected chi connectivity index (χ3v) is 5.79. The van der Waals surface area contributed by atoms with Gasteiger partial charge in [-0.05, 0) is 34.4 Å². The Morgan fingerprint density at radius 2 is 1.45 bits per heavy atom. The zero-order chi connectivity index (χ0) is 21.4. The zero-order valence-electron chi connectivity index (χ0n) is 16.9. The first-order valence-electron chi connectivity index (χ1n) is 10.1. The molecular weight excluding hydrogens is 388 g/mol. The highest BCUT2D eigenvalue weighted by Gasteiger charge is 2.39. The van der Waals surface area contributed by atoms with Crippen molar-refractivity contribution >= 4 is 22.8 Å². The number of ether oxygens (including phenoxy) is 1. The maximum Gasteiger partial charge on any atom is 0.329 e. The number of pyridine rings is 1. The van der Waals surface area contributed by atoms with Gasteiger partial charge in [0.2, 0.25) is 0 Å². The van der Waals surface area contributed by atoms with Gasteiger partial charge < -0.3 is 10.1 Å². The quantitative estimate of drug-likeness (QED) is 0.511. The fourth-order valence-electron chi connectivity index (χ4n) is 4.37. The summed E-state index contributed by atoms with van der Waals surface area (Å²) in [5, 5.41) is 3.84. The molecular formula is C26H20N2O3. The van der Waals surface area contributed by atoms with Crippen molar-refractivity contribution in [1.82, 2.24) is 10.3 Å². The molecule has 0 fully saturated rings. The molecule has 31 heavy (non-hydrogen) atoms. The highest BCUT2D eigenvalue weighted by molar-refractivity contribution is 5.98. The first-order valence-corrected chi connectivity index (χ1v) is 10.1. The number of amides is 1. The number of benzene rings is 3. The summed E-state index contributed by atoms with van der Waals surface area (Å²) in [5.74, 6) is -1.25. The minimum Gasteiger partial charge on any atom is -0.467 e. The van der Waals surface area contributed by atoms with E-state index in [1.165, 1.54) is 7.11 Å². The number of carbonyl (C=O) groups excluding carboxylic acids is 2. The van der Waals surface area contributed by atoms with Gasteiger partial charge in [-0.1, -0.05) is 72.8 Å². The summed E-state index contributed by atoms with van der Waals surface area (Å²) < 4.78 is 5.09. The van der Waals surface area contributed by atoms with Crippen molar-refractivity contribution in [1.29, 1.82) is 0 Å². The van der Waals surface area contributed by atoms with Crippen LogP contribution in [0.25, 0.3) is 22.0 Å². The Labute approximate surface area is 179 Å². The lowest BCUT2D eigenvalue weighted by Crippen LogP contribution is -2.45. The zero-order valence-corrected chi connectivity index (χ0v) is 16.9. The van der Waals surface area contributed by atoms with E-state index in [4.69, 9.17) is 4.74 Å². The molecule has 5 heteroatoms. The van der Waals surface area contributed by atoms with Gasteiger partial charge in [0.25, 0.3) is 5.91 Å². The molecule has 1 atom stereocenters. The predicted octanol–water partition coefficient (Wildman–Crippen LogP) is 4.32. The second-order valence-corrected chi connectivity index (χ2v) is 7.52. The van der Waals surface area contributed by atoms with Gasteiger partial charge in [-0.25, -0.2) is 9.78 Å². The van der Waals surface area contributed by atoms with E-state index in [1.807, 2.05) is 78.9 Å². The molecule has 5 rings (SSSR count). The Kier molecular flexibility index (Phi) is 4.71. The van der Waals surface area contributed by atoms with E-state index in [1.54, 1.807) is 6.07 Å². The number of carbonyl (C=O) groups is 2. The molecule has 0 saturated carbocycles. The summed E-state index contributed by atoms with van der Waals surface area (Å²) >= 11 is 0. The van der Waals surface area contributed by atoms with Gasteiger partial charge in [0.15, 0.2) is 0 Å². The number of methoxy groups -OCH3 is 1. The van der Waals surface area contributed by atoms with Crippen molar-refractivity contribution in [3.8, 4) is 11.1 Å². The van der Waals surface area contributed by atoms with Gasteiger partial charge in [-0.2, -0.15) is 0 Å². The van der Waals surface area contributed by atoms with Crippen LogP contribution >= 0.6 is 0 Å². The minimum atomic E-state index is -0.879. The predicted molar refractivity (Wildman–Crippen MR) is 119 cm³/mol. The van der Waals surface area contributed by atoms with Crippen LogP contribution in [0.5, 0.6) is 0 Å². The lowest BCUT2D eigenvalue weighted by molar-refractivity contribution is -0.143. The second-order valence-electron chi connectivity index (χ2n) is 7.52. The Morgan fingerprint density at radius 3 is 2.13 bits per heavy atom. The molecule has 0 spiro atoms. The van der Waals surface area contributed by atoms with Gasteiger partial charge in [-0.3, -0.25) is 4.79 Å². The Hall–Kier alpha value is -3.99. The van der Waals surface area contributed by atoms with Crippen LogP contribution in [0.3, 0.4) is 0 Å². The normalized spacial score (nSPS) is 13.3. The van der Waals surface area contributed by atoms with Crippen LogP contribution in [0.2, 0.25) is 0 Å². The number of nitrogens with zero attached hydrogens (tertiary/aromatic N) is 1. The van der Waals surface area contributed by atoms with E-state index in [2.05, 4.69) is 10.3 Å².